The van der Waals surface area contributed by atoms with Gasteiger partial charge in [0.05, 0.1) is 17.3 Å². The summed E-state index contributed by atoms with van der Waals surface area (Å²) in [7, 11) is 0. The summed E-state index contributed by atoms with van der Waals surface area (Å²) in [6.45, 7) is 0.577. The monoisotopic (exact) mass is 279 g/mol. The quantitative estimate of drug-likeness (QED) is 0.509. The lowest BCUT2D eigenvalue weighted by Gasteiger charge is -2.10. The second-order valence-corrected chi connectivity index (χ2v) is 5.24. The highest BCUT2D eigenvalue weighted by Crippen LogP contribution is 2.30. The molecular formula is C14H14ClNOS. The van der Waals surface area contributed by atoms with Gasteiger partial charge < -0.3 is 10.5 Å². The third-order valence-corrected chi connectivity index (χ3v) is 3.61. The lowest BCUT2D eigenvalue weighted by atomic mass is 10.3. The van der Waals surface area contributed by atoms with Crippen molar-refractivity contribution in [3.05, 3.63) is 53.6 Å². The van der Waals surface area contributed by atoms with Crippen LogP contribution in [0.2, 0.25) is 5.02 Å². The molecule has 0 aliphatic rings. The van der Waals surface area contributed by atoms with E-state index >= 15 is 0 Å². The highest BCUT2D eigenvalue weighted by atomic mass is 35.5. The molecule has 0 heterocycles. The maximum atomic E-state index is 6.01. The Labute approximate surface area is 116 Å². The number of nitrogen functional groups attached to an aromatic ring is 1. The molecule has 0 radical (unpaired) electrons. The molecule has 0 bridgehead atoms. The second kappa shape index (κ2) is 6.57. The number of ether oxygens (including phenoxy) is 1. The summed E-state index contributed by atoms with van der Waals surface area (Å²) in [5, 5.41) is 0.555. The van der Waals surface area contributed by atoms with Crippen LogP contribution in [0.25, 0.3) is 0 Å². The van der Waals surface area contributed by atoms with Gasteiger partial charge in [-0.3, -0.25) is 0 Å². The third-order valence-electron chi connectivity index (χ3n) is 2.34. The van der Waals surface area contributed by atoms with E-state index in [-0.39, 0.29) is 0 Å². The molecule has 2 aromatic rings. The second-order valence-electron chi connectivity index (χ2n) is 3.67. The molecule has 0 atom stereocenters. The van der Waals surface area contributed by atoms with Crippen molar-refractivity contribution in [1.29, 1.82) is 0 Å². The normalized spacial score (nSPS) is 10.3. The fourth-order valence-corrected chi connectivity index (χ4v) is 2.49. The van der Waals surface area contributed by atoms with Crippen molar-refractivity contribution in [1.82, 2.24) is 0 Å². The molecule has 4 heteroatoms. The molecule has 0 saturated heterocycles. The van der Waals surface area contributed by atoms with Crippen LogP contribution in [0.1, 0.15) is 0 Å². The van der Waals surface area contributed by atoms with E-state index in [2.05, 4.69) is 12.1 Å². The van der Waals surface area contributed by atoms with E-state index in [9.17, 15) is 0 Å². The number of anilines is 1. The first kappa shape index (κ1) is 13.1. The maximum Gasteiger partial charge on any atom is 0.160 e. The molecule has 2 nitrogen and oxygen atoms in total. The predicted octanol–water partition coefficient (Wildman–Crippen LogP) is 4.09. The molecule has 94 valence electrons. The van der Waals surface area contributed by atoms with Gasteiger partial charge in [0.25, 0.3) is 0 Å². The van der Waals surface area contributed by atoms with Gasteiger partial charge in [-0.2, -0.15) is 0 Å². The first-order valence-electron chi connectivity index (χ1n) is 5.62. The summed E-state index contributed by atoms with van der Waals surface area (Å²) in [5.74, 6) is 1.43. The minimum absolute atomic E-state index is 0.555. The van der Waals surface area contributed by atoms with E-state index in [4.69, 9.17) is 22.1 Å². The van der Waals surface area contributed by atoms with Crippen LogP contribution in [0.4, 0.5) is 5.69 Å². The van der Waals surface area contributed by atoms with Crippen LogP contribution >= 0.6 is 23.4 Å². The van der Waals surface area contributed by atoms with Gasteiger partial charge in [-0.15, -0.1) is 11.8 Å². The van der Waals surface area contributed by atoms with Crippen molar-refractivity contribution in [2.75, 3.05) is 18.1 Å². The van der Waals surface area contributed by atoms with Crippen molar-refractivity contribution in [2.24, 2.45) is 0 Å². The summed E-state index contributed by atoms with van der Waals surface area (Å²) in [5.41, 5.74) is 6.37. The van der Waals surface area contributed by atoms with E-state index in [1.54, 1.807) is 23.9 Å². The summed E-state index contributed by atoms with van der Waals surface area (Å²) < 4.78 is 5.61. The molecule has 0 aliphatic heterocycles. The molecule has 0 fully saturated rings. The van der Waals surface area contributed by atoms with Crippen molar-refractivity contribution in [3.63, 3.8) is 0 Å². The zero-order valence-electron chi connectivity index (χ0n) is 9.80. The van der Waals surface area contributed by atoms with Gasteiger partial charge in [0.1, 0.15) is 0 Å². The number of nitrogens with two attached hydrogens (primary N) is 1. The number of rotatable bonds is 5. The van der Waals surface area contributed by atoms with Crippen LogP contribution in [0.5, 0.6) is 5.75 Å². The molecule has 0 aromatic heterocycles. The molecule has 0 saturated carbocycles. The van der Waals surface area contributed by atoms with E-state index in [0.29, 0.717) is 23.1 Å². The number of benzene rings is 2. The Morgan fingerprint density at radius 2 is 1.83 bits per heavy atom. The van der Waals surface area contributed by atoms with Crippen LogP contribution in [0.3, 0.4) is 0 Å². The van der Waals surface area contributed by atoms with Crippen molar-refractivity contribution in [2.45, 2.75) is 4.90 Å². The molecule has 0 amide bonds. The highest BCUT2D eigenvalue weighted by molar-refractivity contribution is 7.99. The van der Waals surface area contributed by atoms with Gasteiger partial charge in [0, 0.05) is 10.6 Å². The number of hydrogen-bond acceptors (Lipinski definition) is 3. The van der Waals surface area contributed by atoms with E-state index in [0.717, 1.165) is 5.75 Å². The van der Waals surface area contributed by atoms with E-state index in [1.807, 2.05) is 24.3 Å². The van der Waals surface area contributed by atoms with Gasteiger partial charge in [-0.05, 0) is 24.3 Å². The number of halogens is 1. The first-order chi connectivity index (χ1) is 8.77. The van der Waals surface area contributed by atoms with E-state index in [1.165, 1.54) is 4.90 Å². The van der Waals surface area contributed by atoms with Crippen LogP contribution in [-0.4, -0.2) is 12.4 Å². The largest absolute Gasteiger partial charge is 0.489 e. The number of hydrogen-bond donors (Lipinski definition) is 1. The van der Waals surface area contributed by atoms with Crippen molar-refractivity contribution < 1.29 is 4.74 Å². The Kier molecular flexibility index (Phi) is 4.79. The minimum Gasteiger partial charge on any atom is -0.489 e. The molecular weight excluding hydrogens is 266 g/mol. The molecule has 2 N–H and O–H groups in total. The Morgan fingerprint density at radius 3 is 2.56 bits per heavy atom. The Morgan fingerprint density at radius 1 is 1.06 bits per heavy atom. The molecule has 0 unspecified atom stereocenters. The lowest BCUT2D eigenvalue weighted by molar-refractivity contribution is 0.346. The van der Waals surface area contributed by atoms with Crippen LogP contribution in [-0.2, 0) is 0 Å². The lowest BCUT2D eigenvalue weighted by Crippen LogP contribution is -2.03. The topological polar surface area (TPSA) is 35.2 Å². The molecule has 18 heavy (non-hydrogen) atoms. The zero-order valence-corrected chi connectivity index (χ0v) is 11.4. The molecule has 0 spiro atoms. The van der Waals surface area contributed by atoms with Crippen LogP contribution < -0.4 is 10.5 Å². The zero-order chi connectivity index (χ0) is 12.8. The van der Waals surface area contributed by atoms with E-state index < -0.39 is 0 Å². The maximum absolute atomic E-state index is 6.01. The fourth-order valence-electron chi connectivity index (χ4n) is 1.50. The highest BCUT2D eigenvalue weighted by Gasteiger charge is 2.05. The van der Waals surface area contributed by atoms with Crippen molar-refractivity contribution in [3.8, 4) is 5.75 Å². The fraction of sp³-hybridized carbons (Fsp3) is 0.143. The first-order valence-corrected chi connectivity index (χ1v) is 6.98. The SMILES string of the molecule is Nc1cccc(Cl)c1OCCSc1ccccc1. The van der Waals surface area contributed by atoms with Gasteiger partial charge in [0.2, 0.25) is 0 Å². The van der Waals surface area contributed by atoms with Gasteiger partial charge >= 0.3 is 0 Å². The van der Waals surface area contributed by atoms with Gasteiger partial charge in [-0.1, -0.05) is 35.9 Å². The molecule has 2 rings (SSSR count). The van der Waals surface area contributed by atoms with Crippen LogP contribution in [0.15, 0.2) is 53.4 Å². The summed E-state index contributed by atoms with van der Waals surface area (Å²) in [4.78, 5) is 1.23. The number of thioether (sulfide) groups is 1. The molecule has 2 aromatic carbocycles. The Bertz CT molecular complexity index is 484. The Hall–Kier alpha value is -1.32. The average molecular weight is 280 g/mol. The number of para-hydroxylation sites is 1. The van der Waals surface area contributed by atoms with Crippen LogP contribution in [0, 0.1) is 0 Å². The van der Waals surface area contributed by atoms with Crippen molar-refractivity contribution >= 4 is 29.1 Å². The average Bonchev–Trinajstić information content (AvgIpc) is 2.38. The standard InChI is InChI=1S/C14H14ClNOS/c15-12-7-4-8-13(16)14(12)17-9-10-18-11-5-2-1-3-6-11/h1-8H,9-10,16H2. The summed E-state index contributed by atoms with van der Waals surface area (Å²) in [6.07, 6.45) is 0. The Balaban J connectivity index is 1.82. The smallest absolute Gasteiger partial charge is 0.160 e. The summed E-state index contributed by atoms with van der Waals surface area (Å²) in [6, 6.07) is 15.6. The predicted molar refractivity (Wildman–Crippen MR) is 78.5 cm³/mol. The summed E-state index contributed by atoms with van der Waals surface area (Å²) >= 11 is 7.76. The third kappa shape index (κ3) is 3.59. The van der Waals surface area contributed by atoms with Gasteiger partial charge in [-0.25, -0.2) is 0 Å². The minimum atomic E-state index is 0.555. The molecule has 0 aliphatic carbocycles. The van der Waals surface area contributed by atoms with Gasteiger partial charge in [0.15, 0.2) is 5.75 Å².